The Morgan fingerprint density at radius 3 is 2.50 bits per heavy atom. The molecule has 0 aromatic heterocycles. The number of carbonyl (C=O) groups excluding carboxylic acids is 2. The quantitative estimate of drug-likeness (QED) is 0.776. The number of amides is 2. The van der Waals surface area contributed by atoms with Gasteiger partial charge in [-0.15, -0.1) is 0 Å². The largest absolute Gasteiger partial charge is 0.366 e. The van der Waals surface area contributed by atoms with Gasteiger partial charge >= 0.3 is 0 Å². The summed E-state index contributed by atoms with van der Waals surface area (Å²) in [6.45, 7) is 0. The number of nitrogens with two attached hydrogens (primary N) is 1. The number of carbonyl (C=O) groups is 2. The predicted molar refractivity (Wildman–Crippen MR) is 87.1 cm³/mol. The number of hydrogen-bond donors (Lipinski definition) is 2. The molecule has 0 heterocycles. The topological polar surface area (TPSA) is 72.2 Å². The molecule has 2 aromatic rings. The van der Waals surface area contributed by atoms with Crippen LogP contribution in [0.3, 0.4) is 0 Å². The van der Waals surface area contributed by atoms with Crippen molar-refractivity contribution < 1.29 is 9.59 Å². The highest BCUT2D eigenvalue weighted by atomic mass is 127. The zero-order valence-corrected chi connectivity index (χ0v) is 13.1. The molecule has 0 saturated heterocycles. The SMILES string of the molecule is NC(=O)c1ccccc1NC(=O)c1cc(I)ccc1Cl. The summed E-state index contributed by atoms with van der Waals surface area (Å²) in [5.41, 5.74) is 6.22. The third kappa shape index (κ3) is 3.29. The summed E-state index contributed by atoms with van der Waals surface area (Å²) >= 11 is 8.09. The van der Waals surface area contributed by atoms with Crippen LogP contribution in [-0.2, 0) is 0 Å². The summed E-state index contributed by atoms with van der Waals surface area (Å²) in [7, 11) is 0. The Bertz CT molecular complexity index is 689. The van der Waals surface area contributed by atoms with Gasteiger partial charge in [-0.25, -0.2) is 0 Å². The molecule has 0 atom stereocenters. The first kappa shape index (κ1) is 14.8. The van der Waals surface area contributed by atoms with Gasteiger partial charge in [0.1, 0.15) is 0 Å². The van der Waals surface area contributed by atoms with Gasteiger partial charge in [0.15, 0.2) is 0 Å². The van der Waals surface area contributed by atoms with E-state index in [2.05, 4.69) is 27.9 Å². The molecule has 3 N–H and O–H groups in total. The van der Waals surface area contributed by atoms with E-state index in [4.69, 9.17) is 17.3 Å². The van der Waals surface area contributed by atoms with Gasteiger partial charge in [-0.1, -0.05) is 23.7 Å². The van der Waals surface area contributed by atoms with Gasteiger partial charge < -0.3 is 11.1 Å². The molecule has 0 aliphatic heterocycles. The minimum Gasteiger partial charge on any atom is -0.366 e. The molecule has 2 amide bonds. The van der Waals surface area contributed by atoms with E-state index < -0.39 is 5.91 Å². The fourth-order valence-electron chi connectivity index (χ4n) is 1.67. The number of hydrogen-bond acceptors (Lipinski definition) is 2. The summed E-state index contributed by atoms with van der Waals surface area (Å²) in [4.78, 5) is 23.5. The highest BCUT2D eigenvalue weighted by Crippen LogP contribution is 2.21. The van der Waals surface area contributed by atoms with Crippen molar-refractivity contribution in [2.45, 2.75) is 0 Å². The van der Waals surface area contributed by atoms with Crippen molar-refractivity contribution in [1.82, 2.24) is 0 Å². The average Bonchev–Trinajstić information content (AvgIpc) is 2.41. The lowest BCUT2D eigenvalue weighted by atomic mass is 10.1. The van der Waals surface area contributed by atoms with Crippen molar-refractivity contribution in [3.63, 3.8) is 0 Å². The highest BCUT2D eigenvalue weighted by Gasteiger charge is 2.14. The molecule has 2 aromatic carbocycles. The summed E-state index contributed by atoms with van der Waals surface area (Å²) in [6, 6.07) is 11.7. The average molecular weight is 401 g/mol. The number of anilines is 1. The van der Waals surface area contributed by atoms with Crippen molar-refractivity contribution in [2.24, 2.45) is 5.73 Å². The number of benzene rings is 2. The molecule has 0 aliphatic carbocycles. The van der Waals surface area contributed by atoms with Crippen LogP contribution in [0, 0.1) is 3.57 Å². The number of para-hydroxylation sites is 1. The number of nitrogens with one attached hydrogen (secondary N) is 1. The third-order valence-corrected chi connectivity index (χ3v) is 3.61. The van der Waals surface area contributed by atoms with Gasteiger partial charge in [-0.05, 0) is 52.9 Å². The maximum Gasteiger partial charge on any atom is 0.257 e. The summed E-state index contributed by atoms with van der Waals surface area (Å²) < 4.78 is 0.889. The van der Waals surface area contributed by atoms with Crippen molar-refractivity contribution in [3.05, 3.63) is 62.2 Å². The second-order valence-corrected chi connectivity index (χ2v) is 5.64. The Kier molecular flexibility index (Phi) is 4.61. The van der Waals surface area contributed by atoms with Gasteiger partial charge in [0.25, 0.3) is 11.8 Å². The molecule has 0 aliphatic rings. The fourth-order valence-corrected chi connectivity index (χ4v) is 2.36. The molecule has 0 saturated carbocycles. The molecule has 0 bridgehead atoms. The van der Waals surface area contributed by atoms with Crippen LogP contribution < -0.4 is 11.1 Å². The maximum atomic E-state index is 12.2. The summed E-state index contributed by atoms with van der Waals surface area (Å²) in [5.74, 6) is -0.989. The van der Waals surface area contributed by atoms with Gasteiger partial charge in [-0.2, -0.15) is 0 Å². The Labute approximate surface area is 134 Å². The summed E-state index contributed by atoms with van der Waals surface area (Å²) in [6.07, 6.45) is 0. The molecule has 102 valence electrons. The minimum absolute atomic E-state index is 0.252. The Morgan fingerprint density at radius 2 is 1.80 bits per heavy atom. The van der Waals surface area contributed by atoms with Crippen molar-refractivity contribution in [3.8, 4) is 0 Å². The second-order valence-electron chi connectivity index (χ2n) is 3.99. The van der Waals surface area contributed by atoms with Crippen molar-refractivity contribution in [2.75, 3.05) is 5.32 Å². The Morgan fingerprint density at radius 1 is 1.10 bits per heavy atom. The van der Waals surface area contributed by atoms with E-state index in [1.165, 1.54) is 0 Å². The van der Waals surface area contributed by atoms with Gasteiger partial charge in [0.2, 0.25) is 0 Å². The molecular formula is C14H10ClIN2O2. The number of rotatable bonds is 3. The fraction of sp³-hybridized carbons (Fsp3) is 0. The molecule has 20 heavy (non-hydrogen) atoms. The van der Waals surface area contributed by atoms with Crippen LogP contribution in [0.1, 0.15) is 20.7 Å². The van der Waals surface area contributed by atoms with Crippen LogP contribution in [0.25, 0.3) is 0 Å². The molecule has 6 heteroatoms. The van der Waals surface area contributed by atoms with E-state index in [0.717, 1.165) is 3.57 Å². The third-order valence-electron chi connectivity index (χ3n) is 2.61. The number of halogens is 2. The first-order chi connectivity index (χ1) is 9.49. The Hall–Kier alpha value is -1.60. The van der Waals surface area contributed by atoms with E-state index in [0.29, 0.717) is 16.3 Å². The van der Waals surface area contributed by atoms with E-state index in [1.807, 2.05) is 0 Å². The van der Waals surface area contributed by atoms with E-state index in [9.17, 15) is 9.59 Å². The van der Waals surface area contributed by atoms with Crippen molar-refractivity contribution >= 4 is 51.7 Å². The van der Waals surface area contributed by atoms with Crippen LogP contribution >= 0.6 is 34.2 Å². The smallest absolute Gasteiger partial charge is 0.257 e. The lowest BCUT2D eigenvalue weighted by molar-refractivity contribution is 0.100. The standard InChI is InChI=1S/C14H10ClIN2O2/c15-11-6-5-8(16)7-10(11)14(20)18-12-4-2-1-3-9(12)13(17)19/h1-7H,(H2,17,19)(H,18,20). The zero-order valence-electron chi connectivity index (χ0n) is 10.2. The predicted octanol–water partition coefficient (Wildman–Crippen LogP) is 3.30. The minimum atomic E-state index is -0.602. The van der Waals surface area contributed by atoms with Crippen LogP contribution in [0.5, 0.6) is 0 Å². The first-order valence-electron chi connectivity index (χ1n) is 5.64. The van der Waals surface area contributed by atoms with Crippen LogP contribution in [0.15, 0.2) is 42.5 Å². The summed E-state index contributed by atoms with van der Waals surface area (Å²) in [5, 5.41) is 3.00. The normalized spacial score (nSPS) is 10.1. The lowest BCUT2D eigenvalue weighted by Crippen LogP contribution is -2.18. The number of primary amides is 1. The van der Waals surface area contributed by atoms with Crippen molar-refractivity contribution in [1.29, 1.82) is 0 Å². The molecule has 2 rings (SSSR count). The van der Waals surface area contributed by atoms with Crippen LogP contribution in [0.2, 0.25) is 5.02 Å². The highest BCUT2D eigenvalue weighted by molar-refractivity contribution is 14.1. The van der Waals surface area contributed by atoms with Gasteiger partial charge in [-0.3, -0.25) is 9.59 Å². The maximum absolute atomic E-state index is 12.2. The van der Waals surface area contributed by atoms with E-state index in [-0.39, 0.29) is 11.5 Å². The molecule has 4 nitrogen and oxygen atoms in total. The second kappa shape index (κ2) is 6.23. The zero-order chi connectivity index (χ0) is 14.7. The van der Waals surface area contributed by atoms with E-state index >= 15 is 0 Å². The molecule has 0 fully saturated rings. The van der Waals surface area contributed by atoms with Gasteiger partial charge in [0, 0.05) is 3.57 Å². The molecule has 0 radical (unpaired) electrons. The Balaban J connectivity index is 2.33. The van der Waals surface area contributed by atoms with Gasteiger partial charge in [0.05, 0.1) is 21.8 Å². The lowest BCUT2D eigenvalue weighted by Gasteiger charge is -2.10. The van der Waals surface area contributed by atoms with Crippen LogP contribution in [-0.4, -0.2) is 11.8 Å². The molecular weight excluding hydrogens is 391 g/mol. The molecule has 0 unspecified atom stereocenters. The van der Waals surface area contributed by atoms with Crippen LogP contribution in [0.4, 0.5) is 5.69 Å². The first-order valence-corrected chi connectivity index (χ1v) is 7.10. The van der Waals surface area contributed by atoms with E-state index in [1.54, 1.807) is 42.5 Å². The molecule has 0 spiro atoms. The monoisotopic (exact) mass is 400 g/mol.